The van der Waals surface area contributed by atoms with Gasteiger partial charge >= 0.3 is 0 Å². The van der Waals surface area contributed by atoms with Gasteiger partial charge in [0.05, 0.1) is 12.7 Å². The van der Waals surface area contributed by atoms with Crippen LogP contribution in [0.1, 0.15) is 17.3 Å². The number of hydrogen-bond acceptors (Lipinski definition) is 4. The second kappa shape index (κ2) is 6.10. The van der Waals surface area contributed by atoms with Gasteiger partial charge < -0.3 is 20.9 Å². The number of carbonyl (C=O) groups is 1. The molecule has 1 amide bonds. The van der Waals surface area contributed by atoms with Gasteiger partial charge in [-0.25, -0.2) is 0 Å². The van der Waals surface area contributed by atoms with Crippen molar-refractivity contribution in [1.29, 1.82) is 0 Å². The van der Waals surface area contributed by atoms with E-state index in [0.717, 1.165) is 0 Å². The molecular formula is C12H18N2O3. The molecule has 1 rings (SSSR count). The summed E-state index contributed by atoms with van der Waals surface area (Å²) in [4.78, 5) is 11.7. The first-order valence-electron chi connectivity index (χ1n) is 5.43. The largest absolute Gasteiger partial charge is 0.507 e. The average Bonchev–Trinajstić information content (AvgIpc) is 2.35. The van der Waals surface area contributed by atoms with Crippen LogP contribution in [0.2, 0.25) is 0 Å². The molecule has 0 fully saturated rings. The van der Waals surface area contributed by atoms with Crippen molar-refractivity contribution in [2.45, 2.75) is 6.92 Å². The fourth-order valence-electron chi connectivity index (χ4n) is 1.28. The van der Waals surface area contributed by atoms with Crippen molar-refractivity contribution in [3.05, 3.63) is 23.8 Å². The summed E-state index contributed by atoms with van der Waals surface area (Å²) in [6.45, 7) is 2.93. The number of ether oxygens (including phenoxy) is 1. The van der Waals surface area contributed by atoms with Crippen molar-refractivity contribution < 1.29 is 14.6 Å². The van der Waals surface area contributed by atoms with Crippen LogP contribution in [0.3, 0.4) is 0 Å². The minimum absolute atomic E-state index is 0.0951. The highest BCUT2D eigenvalue weighted by molar-refractivity contribution is 5.96. The minimum atomic E-state index is -0.314. The lowest BCUT2D eigenvalue weighted by atomic mass is 10.1. The summed E-state index contributed by atoms with van der Waals surface area (Å²) >= 11 is 0. The molecule has 0 aliphatic carbocycles. The van der Waals surface area contributed by atoms with Gasteiger partial charge in [-0.05, 0) is 24.6 Å². The summed E-state index contributed by atoms with van der Waals surface area (Å²) in [6, 6.07) is 4.55. The second-order valence-corrected chi connectivity index (χ2v) is 3.93. The Hall–Kier alpha value is -1.75. The molecule has 0 radical (unpaired) electrons. The number of phenols is 1. The fraction of sp³-hybridized carbons (Fsp3) is 0.417. The van der Waals surface area contributed by atoms with E-state index in [1.807, 2.05) is 6.92 Å². The van der Waals surface area contributed by atoms with E-state index in [-0.39, 0.29) is 23.1 Å². The van der Waals surface area contributed by atoms with Crippen LogP contribution in [0, 0.1) is 5.92 Å². The first-order valence-corrected chi connectivity index (χ1v) is 5.43. The normalized spacial score (nSPS) is 11.9. The van der Waals surface area contributed by atoms with Gasteiger partial charge in [-0.15, -0.1) is 0 Å². The van der Waals surface area contributed by atoms with Crippen molar-refractivity contribution in [1.82, 2.24) is 5.32 Å². The smallest absolute Gasteiger partial charge is 0.255 e. The van der Waals surface area contributed by atoms with Gasteiger partial charge in [0.1, 0.15) is 11.5 Å². The summed E-state index contributed by atoms with van der Waals surface area (Å²) < 4.78 is 4.94. The van der Waals surface area contributed by atoms with Crippen LogP contribution in [0.15, 0.2) is 18.2 Å². The maximum absolute atomic E-state index is 11.7. The van der Waals surface area contributed by atoms with Crippen LogP contribution in [-0.2, 0) is 0 Å². The molecule has 0 spiro atoms. The number of hydrogen-bond donors (Lipinski definition) is 3. The van der Waals surface area contributed by atoms with E-state index in [1.54, 1.807) is 6.07 Å². The number of nitrogens with one attached hydrogen (secondary N) is 1. The molecule has 0 heterocycles. The predicted molar refractivity (Wildman–Crippen MR) is 65.2 cm³/mol. The molecule has 0 aromatic heterocycles. The topological polar surface area (TPSA) is 84.6 Å². The van der Waals surface area contributed by atoms with Crippen LogP contribution >= 0.6 is 0 Å². The molecule has 4 N–H and O–H groups in total. The molecule has 0 saturated heterocycles. The summed E-state index contributed by atoms with van der Waals surface area (Å²) in [5.74, 6) is 0.307. The first kappa shape index (κ1) is 13.3. The molecular weight excluding hydrogens is 220 g/mol. The number of methoxy groups -OCH3 is 1. The molecule has 17 heavy (non-hydrogen) atoms. The Morgan fingerprint density at radius 3 is 2.82 bits per heavy atom. The molecule has 1 aromatic carbocycles. The van der Waals surface area contributed by atoms with E-state index in [0.29, 0.717) is 18.8 Å². The third-order valence-electron chi connectivity index (χ3n) is 2.46. The highest BCUT2D eigenvalue weighted by Gasteiger charge is 2.12. The van der Waals surface area contributed by atoms with Crippen molar-refractivity contribution in [3.63, 3.8) is 0 Å². The Morgan fingerprint density at radius 1 is 1.59 bits per heavy atom. The van der Waals surface area contributed by atoms with Gasteiger partial charge in [-0.3, -0.25) is 4.79 Å². The standard InChI is InChI=1S/C12H18N2O3/c1-8(6-13)7-14-12(16)10-4-3-9(17-2)5-11(10)15/h3-5,8,15H,6-7,13H2,1-2H3,(H,14,16). The summed E-state index contributed by atoms with van der Waals surface area (Å²) in [7, 11) is 1.50. The lowest BCUT2D eigenvalue weighted by Gasteiger charge is -2.11. The number of aromatic hydroxyl groups is 1. The third kappa shape index (κ3) is 3.64. The van der Waals surface area contributed by atoms with Crippen LogP contribution in [0.4, 0.5) is 0 Å². The molecule has 0 aliphatic rings. The Morgan fingerprint density at radius 2 is 2.29 bits per heavy atom. The molecule has 0 bridgehead atoms. The van der Waals surface area contributed by atoms with Crippen LogP contribution in [-0.4, -0.2) is 31.2 Å². The van der Waals surface area contributed by atoms with Crippen molar-refractivity contribution in [2.24, 2.45) is 11.7 Å². The maximum atomic E-state index is 11.7. The zero-order chi connectivity index (χ0) is 12.8. The number of carbonyl (C=O) groups excluding carboxylic acids is 1. The number of phenolic OH excluding ortho intramolecular Hbond substituents is 1. The molecule has 0 saturated carbocycles. The monoisotopic (exact) mass is 238 g/mol. The van der Waals surface area contributed by atoms with Gasteiger partial charge in [-0.1, -0.05) is 6.92 Å². The van der Waals surface area contributed by atoms with E-state index >= 15 is 0 Å². The van der Waals surface area contributed by atoms with Gasteiger partial charge in [-0.2, -0.15) is 0 Å². The zero-order valence-electron chi connectivity index (χ0n) is 10.1. The summed E-state index contributed by atoms with van der Waals surface area (Å²) in [5, 5.41) is 12.4. The highest BCUT2D eigenvalue weighted by Crippen LogP contribution is 2.23. The van der Waals surface area contributed by atoms with Gasteiger partial charge in [0.25, 0.3) is 5.91 Å². The summed E-state index contributed by atoms with van der Waals surface area (Å²) in [5.41, 5.74) is 5.68. The highest BCUT2D eigenvalue weighted by atomic mass is 16.5. The van der Waals surface area contributed by atoms with E-state index in [9.17, 15) is 9.90 Å². The lowest BCUT2D eigenvalue weighted by molar-refractivity contribution is 0.0946. The van der Waals surface area contributed by atoms with Gasteiger partial charge in [0, 0.05) is 12.6 Å². The van der Waals surface area contributed by atoms with Crippen molar-refractivity contribution in [3.8, 4) is 11.5 Å². The van der Waals surface area contributed by atoms with E-state index in [1.165, 1.54) is 19.2 Å². The zero-order valence-corrected chi connectivity index (χ0v) is 10.1. The second-order valence-electron chi connectivity index (χ2n) is 3.93. The SMILES string of the molecule is COc1ccc(C(=O)NCC(C)CN)c(O)c1. The van der Waals surface area contributed by atoms with Crippen LogP contribution in [0.5, 0.6) is 11.5 Å². The Balaban J connectivity index is 2.69. The molecule has 1 unspecified atom stereocenters. The minimum Gasteiger partial charge on any atom is -0.507 e. The Kier molecular flexibility index (Phi) is 4.78. The first-order chi connectivity index (χ1) is 8.08. The molecule has 5 heteroatoms. The van der Waals surface area contributed by atoms with Crippen LogP contribution in [0.25, 0.3) is 0 Å². The Labute approximate surface area is 101 Å². The number of amides is 1. The van der Waals surface area contributed by atoms with Gasteiger partial charge in [0.15, 0.2) is 0 Å². The molecule has 0 aliphatic heterocycles. The number of benzene rings is 1. The quantitative estimate of drug-likeness (QED) is 0.706. The van der Waals surface area contributed by atoms with Crippen molar-refractivity contribution >= 4 is 5.91 Å². The number of rotatable bonds is 5. The third-order valence-corrected chi connectivity index (χ3v) is 2.46. The molecule has 5 nitrogen and oxygen atoms in total. The Bertz CT molecular complexity index is 393. The maximum Gasteiger partial charge on any atom is 0.255 e. The van der Waals surface area contributed by atoms with E-state index < -0.39 is 0 Å². The summed E-state index contributed by atoms with van der Waals surface area (Å²) in [6.07, 6.45) is 0. The average molecular weight is 238 g/mol. The predicted octanol–water partition coefficient (Wildman–Crippen LogP) is 0.725. The molecule has 1 aromatic rings. The lowest BCUT2D eigenvalue weighted by Crippen LogP contribution is -2.31. The molecule has 94 valence electrons. The van der Waals surface area contributed by atoms with E-state index in [2.05, 4.69) is 5.32 Å². The fourth-order valence-corrected chi connectivity index (χ4v) is 1.28. The van der Waals surface area contributed by atoms with Gasteiger partial charge in [0.2, 0.25) is 0 Å². The molecule has 1 atom stereocenters. The van der Waals surface area contributed by atoms with Crippen LogP contribution < -0.4 is 15.8 Å². The van der Waals surface area contributed by atoms with E-state index in [4.69, 9.17) is 10.5 Å². The van der Waals surface area contributed by atoms with Crippen molar-refractivity contribution in [2.75, 3.05) is 20.2 Å². The number of nitrogens with two attached hydrogens (primary N) is 1.